The van der Waals surface area contributed by atoms with Crippen LogP contribution in [-0.4, -0.2) is 36.4 Å². The minimum atomic E-state index is -0.674. The lowest BCUT2D eigenvalue weighted by Crippen LogP contribution is -2.26. The highest BCUT2D eigenvalue weighted by Gasteiger charge is 2.17. The van der Waals surface area contributed by atoms with Crippen molar-refractivity contribution in [3.8, 4) is 0 Å². The van der Waals surface area contributed by atoms with Crippen LogP contribution in [0, 0.1) is 0 Å². The van der Waals surface area contributed by atoms with E-state index in [0.29, 0.717) is 0 Å². The van der Waals surface area contributed by atoms with Gasteiger partial charge in [0.05, 0.1) is 0 Å². The van der Waals surface area contributed by atoms with E-state index in [0.717, 1.165) is 0 Å². The molecule has 1 atom stereocenters. The SMILES string of the molecule is C=C(C)C(=O)OCC(CCO)OC(=O)C(=C)C. The van der Waals surface area contributed by atoms with E-state index < -0.39 is 18.0 Å². The number of ether oxygens (including phenoxy) is 2. The lowest BCUT2D eigenvalue weighted by Gasteiger charge is -2.17. The molecule has 0 heterocycles. The summed E-state index contributed by atoms with van der Waals surface area (Å²) >= 11 is 0. The third-order valence-corrected chi connectivity index (χ3v) is 1.82. The summed E-state index contributed by atoms with van der Waals surface area (Å²) < 4.78 is 9.82. The third kappa shape index (κ3) is 6.52. The Morgan fingerprint density at radius 1 is 1.18 bits per heavy atom. The second-order valence-corrected chi connectivity index (χ2v) is 3.70. The summed E-state index contributed by atoms with van der Waals surface area (Å²) in [6, 6.07) is 0. The number of aliphatic hydroxyl groups excluding tert-OH is 1. The number of aliphatic hydroxyl groups is 1. The molecule has 1 unspecified atom stereocenters. The molecular weight excluding hydrogens is 224 g/mol. The molecule has 0 radical (unpaired) electrons. The number of esters is 2. The second-order valence-electron chi connectivity index (χ2n) is 3.70. The molecule has 0 bridgehead atoms. The highest BCUT2D eigenvalue weighted by Crippen LogP contribution is 2.05. The molecule has 1 N–H and O–H groups in total. The lowest BCUT2D eigenvalue weighted by molar-refractivity contribution is -0.154. The van der Waals surface area contributed by atoms with Crippen molar-refractivity contribution in [2.24, 2.45) is 0 Å². The molecule has 0 aromatic carbocycles. The van der Waals surface area contributed by atoms with Gasteiger partial charge in [-0.3, -0.25) is 0 Å². The van der Waals surface area contributed by atoms with Gasteiger partial charge in [0.2, 0.25) is 0 Å². The van der Waals surface area contributed by atoms with Crippen molar-refractivity contribution < 1.29 is 24.2 Å². The van der Waals surface area contributed by atoms with Crippen molar-refractivity contribution in [2.45, 2.75) is 26.4 Å². The molecule has 0 aromatic rings. The molecule has 0 rings (SSSR count). The van der Waals surface area contributed by atoms with Crippen molar-refractivity contribution in [3.63, 3.8) is 0 Å². The van der Waals surface area contributed by atoms with Gasteiger partial charge in [-0.25, -0.2) is 9.59 Å². The molecule has 0 spiro atoms. The lowest BCUT2D eigenvalue weighted by atomic mass is 10.2. The molecule has 0 aliphatic rings. The Bertz CT molecular complexity index is 319. The number of hydrogen-bond donors (Lipinski definition) is 1. The first-order valence-corrected chi connectivity index (χ1v) is 5.18. The summed E-state index contributed by atoms with van der Waals surface area (Å²) in [7, 11) is 0. The van der Waals surface area contributed by atoms with E-state index in [1.165, 1.54) is 13.8 Å². The van der Waals surface area contributed by atoms with E-state index in [1.807, 2.05) is 0 Å². The van der Waals surface area contributed by atoms with Crippen LogP contribution >= 0.6 is 0 Å². The number of carbonyl (C=O) groups is 2. The Hall–Kier alpha value is -1.62. The molecule has 17 heavy (non-hydrogen) atoms. The standard InChI is InChI=1S/C12H18O5/c1-8(2)11(14)16-7-10(5-6-13)17-12(15)9(3)4/h10,13H,1,3,5-7H2,2,4H3. The maximum atomic E-state index is 11.2. The van der Waals surface area contributed by atoms with Crippen molar-refractivity contribution in [1.29, 1.82) is 0 Å². The van der Waals surface area contributed by atoms with E-state index in [2.05, 4.69) is 13.2 Å². The molecule has 0 fully saturated rings. The van der Waals surface area contributed by atoms with Crippen LogP contribution in [0.1, 0.15) is 20.3 Å². The van der Waals surface area contributed by atoms with Gasteiger partial charge in [0.25, 0.3) is 0 Å². The Labute approximate surface area is 101 Å². The Balaban J connectivity index is 4.24. The van der Waals surface area contributed by atoms with Crippen LogP contribution in [0.5, 0.6) is 0 Å². The largest absolute Gasteiger partial charge is 0.458 e. The maximum absolute atomic E-state index is 11.2. The minimum Gasteiger partial charge on any atom is -0.458 e. The molecule has 96 valence electrons. The van der Waals surface area contributed by atoms with Crippen LogP contribution in [0.3, 0.4) is 0 Å². The number of carbonyl (C=O) groups excluding carboxylic acids is 2. The topological polar surface area (TPSA) is 72.8 Å². The monoisotopic (exact) mass is 242 g/mol. The van der Waals surface area contributed by atoms with Crippen molar-refractivity contribution in [1.82, 2.24) is 0 Å². The van der Waals surface area contributed by atoms with Crippen molar-refractivity contribution >= 4 is 11.9 Å². The fourth-order valence-corrected chi connectivity index (χ4v) is 0.864. The smallest absolute Gasteiger partial charge is 0.333 e. The second kappa shape index (κ2) is 7.62. The summed E-state index contributed by atoms with van der Waals surface area (Å²) in [6.07, 6.45) is -0.477. The fraction of sp³-hybridized carbons (Fsp3) is 0.500. The van der Waals surface area contributed by atoms with Crippen LogP contribution in [0.4, 0.5) is 0 Å². The van der Waals surface area contributed by atoms with Gasteiger partial charge in [0.1, 0.15) is 12.7 Å². The predicted molar refractivity (Wildman–Crippen MR) is 62.2 cm³/mol. The first-order chi connectivity index (χ1) is 7.88. The average Bonchev–Trinajstić information content (AvgIpc) is 2.25. The van der Waals surface area contributed by atoms with Gasteiger partial charge in [0.15, 0.2) is 0 Å². The molecule has 0 aromatic heterocycles. The zero-order valence-electron chi connectivity index (χ0n) is 10.2. The average molecular weight is 242 g/mol. The van der Waals surface area contributed by atoms with Crippen LogP contribution < -0.4 is 0 Å². The van der Waals surface area contributed by atoms with E-state index in [9.17, 15) is 9.59 Å². The highest BCUT2D eigenvalue weighted by molar-refractivity contribution is 5.87. The number of rotatable bonds is 7. The molecule has 0 amide bonds. The van der Waals surface area contributed by atoms with E-state index in [-0.39, 0.29) is 30.8 Å². The summed E-state index contributed by atoms with van der Waals surface area (Å²) in [5.74, 6) is -1.13. The van der Waals surface area contributed by atoms with Gasteiger partial charge < -0.3 is 14.6 Å². The van der Waals surface area contributed by atoms with Gasteiger partial charge in [-0.15, -0.1) is 0 Å². The van der Waals surface area contributed by atoms with Crippen LogP contribution in [0.15, 0.2) is 24.3 Å². The molecule has 5 heteroatoms. The van der Waals surface area contributed by atoms with Gasteiger partial charge in [0, 0.05) is 24.2 Å². The third-order valence-electron chi connectivity index (χ3n) is 1.82. The fourth-order valence-electron chi connectivity index (χ4n) is 0.864. The van der Waals surface area contributed by atoms with Crippen LogP contribution in [0.2, 0.25) is 0 Å². The molecule has 0 aliphatic heterocycles. The summed E-state index contributed by atoms with van der Waals surface area (Å²) in [4.78, 5) is 22.4. The summed E-state index contributed by atoms with van der Waals surface area (Å²) in [5, 5.41) is 8.79. The van der Waals surface area contributed by atoms with Gasteiger partial charge in [-0.05, 0) is 13.8 Å². The number of hydrogen-bond acceptors (Lipinski definition) is 5. The van der Waals surface area contributed by atoms with Gasteiger partial charge >= 0.3 is 11.9 Å². The quantitative estimate of drug-likeness (QED) is 0.532. The van der Waals surface area contributed by atoms with Crippen molar-refractivity contribution in [3.05, 3.63) is 24.3 Å². The van der Waals surface area contributed by atoms with Crippen LogP contribution in [0.25, 0.3) is 0 Å². The highest BCUT2D eigenvalue weighted by atomic mass is 16.6. The molecule has 5 nitrogen and oxygen atoms in total. The van der Waals surface area contributed by atoms with E-state index in [1.54, 1.807) is 0 Å². The summed E-state index contributed by atoms with van der Waals surface area (Å²) in [6.45, 7) is 9.61. The predicted octanol–water partition coefficient (Wildman–Crippen LogP) is 0.976. The molecule has 0 saturated carbocycles. The Kier molecular flexibility index (Phi) is 6.89. The maximum Gasteiger partial charge on any atom is 0.333 e. The van der Waals surface area contributed by atoms with Crippen LogP contribution in [-0.2, 0) is 19.1 Å². The zero-order chi connectivity index (χ0) is 13.4. The van der Waals surface area contributed by atoms with Gasteiger partial charge in [-0.2, -0.15) is 0 Å². The molecule has 0 aliphatic carbocycles. The zero-order valence-corrected chi connectivity index (χ0v) is 10.2. The van der Waals surface area contributed by atoms with E-state index >= 15 is 0 Å². The Morgan fingerprint density at radius 2 is 1.71 bits per heavy atom. The van der Waals surface area contributed by atoms with Gasteiger partial charge in [-0.1, -0.05) is 13.2 Å². The first-order valence-electron chi connectivity index (χ1n) is 5.18. The minimum absolute atomic E-state index is 0.106. The Morgan fingerprint density at radius 3 is 2.12 bits per heavy atom. The summed E-state index contributed by atoms with van der Waals surface area (Å²) in [5.41, 5.74) is 0.512. The van der Waals surface area contributed by atoms with E-state index in [4.69, 9.17) is 14.6 Å². The molecular formula is C12H18O5. The van der Waals surface area contributed by atoms with Crippen molar-refractivity contribution in [2.75, 3.05) is 13.2 Å². The normalized spacial score (nSPS) is 11.5. The first kappa shape index (κ1) is 15.4. The molecule has 0 saturated heterocycles.